The molecule has 0 amide bonds. The van der Waals surface area contributed by atoms with Gasteiger partial charge in [0.05, 0.1) is 12.2 Å². The van der Waals surface area contributed by atoms with Crippen molar-refractivity contribution in [3.8, 4) is 0 Å². The number of allylic oxidation sites excluding steroid dienone is 1. The number of fused-ring (bicyclic) bond motifs is 3. The topological polar surface area (TPSA) is 32.8 Å². The summed E-state index contributed by atoms with van der Waals surface area (Å²) in [5.41, 5.74) is 2.52. The number of hydrogen-bond acceptors (Lipinski definition) is 2. The molecule has 29 heavy (non-hydrogen) atoms. The van der Waals surface area contributed by atoms with Gasteiger partial charge in [-0.1, -0.05) is 60.0 Å². The van der Waals surface area contributed by atoms with E-state index >= 15 is 0 Å². The van der Waals surface area contributed by atoms with Crippen LogP contribution in [0.3, 0.4) is 0 Å². The third-order valence-corrected chi connectivity index (χ3v) is 10.7. The van der Waals surface area contributed by atoms with Gasteiger partial charge in [0.1, 0.15) is 5.60 Å². The Hall–Kier alpha value is -0.340. The Labute approximate surface area is 178 Å². The highest BCUT2D eigenvalue weighted by molar-refractivity contribution is 5.43. The minimum atomic E-state index is -0.0671. The Balaban J connectivity index is 1.39. The number of rotatable bonds is 5. The summed E-state index contributed by atoms with van der Waals surface area (Å²) in [4.78, 5) is 0. The van der Waals surface area contributed by atoms with Crippen LogP contribution in [0.4, 0.5) is 0 Å². The van der Waals surface area contributed by atoms with Gasteiger partial charge in [-0.05, 0) is 85.5 Å². The fourth-order valence-electron chi connectivity index (χ4n) is 8.87. The SMILES string of the molecule is CC(C)CCC[C@@H](C)[C@H]1C[C@H]2OC23C2=CC[C@H]4C[C@@H](O)CC[C@]4(C)[C@H]2CC[C@]13C. The summed E-state index contributed by atoms with van der Waals surface area (Å²) in [6, 6.07) is 0. The molecule has 164 valence electrons. The summed E-state index contributed by atoms with van der Waals surface area (Å²) in [6.07, 6.45) is 15.6. The molecule has 5 rings (SSSR count). The van der Waals surface area contributed by atoms with Crippen molar-refractivity contribution in [3.05, 3.63) is 11.6 Å². The van der Waals surface area contributed by atoms with Crippen molar-refractivity contribution < 1.29 is 9.84 Å². The van der Waals surface area contributed by atoms with Crippen LogP contribution in [0.15, 0.2) is 11.6 Å². The lowest BCUT2D eigenvalue weighted by molar-refractivity contribution is -0.0615. The molecular formula is C27H44O2. The van der Waals surface area contributed by atoms with Crippen molar-refractivity contribution in [2.45, 2.75) is 117 Å². The monoisotopic (exact) mass is 400 g/mol. The highest BCUT2D eigenvalue weighted by atomic mass is 16.6. The fourth-order valence-corrected chi connectivity index (χ4v) is 8.87. The van der Waals surface area contributed by atoms with Gasteiger partial charge in [-0.25, -0.2) is 0 Å². The van der Waals surface area contributed by atoms with Crippen LogP contribution in [-0.4, -0.2) is 22.9 Å². The summed E-state index contributed by atoms with van der Waals surface area (Å²) < 4.78 is 6.67. The zero-order valence-electron chi connectivity index (χ0n) is 19.5. The van der Waals surface area contributed by atoms with E-state index in [1.807, 2.05) is 0 Å². The largest absolute Gasteiger partial charge is 0.393 e. The molecule has 0 aromatic rings. The molecule has 9 atom stereocenters. The van der Waals surface area contributed by atoms with E-state index in [1.54, 1.807) is 5.57 Å². The van der Waals surface area contributed by atoms with Crippen molar-refractivity contribution in [2.24, 2.45) is 40.4 Å². The number of aliphatic hydroxyl groups excluding tert-OH is 1. The summed E-state index contributed by atoms with van der Waals surface area (Å²) in [7, 11) is 0. The minimum Gasteiger partial charge on any atom is -0.393 e. The summed E-state index contributed by atoms with van der Waals surface area (Å²) in [5.74, 6) is 3.84. The number of ether oxygens (including phenoxy) is 1. The van der Waals surface area contributed by atoms with Gasteiger partial charge in [0.2, 0.25) is 0 Å². The van der Waals surface area contributed by atoms with Crippen molar-refractivity contribution in [2.75, 3.05) is 0 Å². The van der Waals surface area contributed by atoms with Crippen LogP contribution in [0.2, 0.25) is 0 Å². The Morgan fingerprint density at radius 3 is 2.66 bits per heavy atom. The van der Waals surface area contributed by atoms with Crippen LogP contribution in [-0.2, 0) is 4.74 Å². The Bertz CT molecular complexity index is 682. The van der Waals surface area contributed by atoms with E-state index < -0.39 is 0 Å². The second kappa shape index (κ2) is 6.83. The van der Waals surface area contributed by atoms with Crippen LogP contribution in [0.5, 0.6) is 0 Å². The molecule has 2 heteroatoms. The van der Waals surface area contributed by atoms with E-state index in [9.17, 15) is 5.11 Å². The van der Waals surface area contributed by atoms with Gasteiger partial charge in [-0.15, -0.1) is 0 Å². The smallest absolute Gasteiger partial charge is 0.122 e. The van der Waals surface area contributed by atoms with Crippen molar-refractivity contribution in [1.29, 1.82) is 0 Å². The van der Waals surface area contributed by atoms with Crippen LogP contribution >= 0.6 is 0 Å². The molecule has 4 fully saturated rings. The van der Waals surface area contributed by atoms with Crippen molar-refractivity contribution in [1.82, 2.24) is 0 Å². The molecule has 0 radical (unpaired) electrons. The third kappa shape index (κ3) is 2.80. The first-order valence-electron chi connectivity index (χ1n) is 12.8. The molecular weight excluding hydrogens is 356 g/mol. The standard InChI is InChI=1S/C27H44O2/c1-17(2)7-6-8-18(3)23-16-24-27(29-24)22-10-9-19-15-20(28)11-13-25(19,4)21(22)12-14-26(23,27)5/h10,17-21,23-24,28H,6-9,11-16H2,1-5H3/t18-,19+,20+,21+,23-,24-,25+,26-,27?/m1/s1. The summed E-state index contributed by atoms with van der Waals surface area (Å²) in [6.45, 7) is 12.4. The second-order valence-electron chi connectivity index (χ2n) is 12.5. The molecule has 1 N–H and O–H groups in total. The van der Waals surface area contributed by atoms with Crippen LogP contribution in [0.1, 0.15) is 98.8 Å². The molecule has 1 saturated heterocycles. The van der Waals surface area contributed by atoms with E-state index in [-0.39, 0.29) is 11.7 Å². The zero-order valence-corrected chi connectivity index (χ0v) is 19.5. The fraction of sp³-hybridized carbons (Fsp3) is 0.926. The lowest BCUT2D eigenvalue weighted by Crippen LogP contribution is -2.54. The molecule has 4 aliphatic carbocycles. The van der Waals surface area contributed by atoms with Gasteiger partial charge in [0, 0.05) is 5.41 Å². The predicted octanol–water partition coefficient (Wildman–Crippen LogP) is 6.52. The highest BCUT2D eigenvalue weighted by Gasteiger charge is 2.79. The zero-order chi connectivity index (χ0) is 20.6. The van der Waals surface area contributed by atoms with Crippen molar-refractivity contribution >= 4 is 0 Å². The number of hydrogen-bond donors (Lipinski definition) is 1. The first-order chi connectivity index (χ1) is 13.7. The maximum Gasteiger partial charge on any atom is 0.122 e. The normalized spacial score (nSPS) is 51.6. The highest BCUT2D eigenvalue weighted by Crippen LogP contribution is 2.76. The van der Waals surface area contributed by atoms with Gasteiger partial charge in [-0.3, -0.25) is 0 Å². The molecule has 1 aliphatic heterocycles. The lowest BCUT2D eigenvalue weighted by Gasteiger charge is -2.58. The maximum atomic E-state index is 10.3. The number of epoxide rings is 1. The van der Waals surface area contributed by atoms with E-state index in [0.717, 1.165) is 30.6 Å². The maximum absolute atomic E-state index is 10.3. The van der Waals surface area contributed by atoms with Gasteiger partial charge >= 0.3 is 0 Å². The van der Waals surface area contributed by atoms with Gasteiger partial charge in [0.25, 0.3) is 0 Å². The second-order valence-corrected chi connectivity index (χ2v) is 12.5. The first kappa shape index (κ1) is 20.6. The van der Waals surface area contributed by atoms with Crippen LogP contribution in [0, 0.1) is 40.4 Å². The molecule has 0 bridgehead atoms. The lowest BCUT2D eigenvalue weighted by atomic mass is 9.47. The van der Waals surface area contributed by atoms with E-state index in [4.69, 9.17) is 4.74 Å². The molecule has 1 spiro atoms. The van der Waals surface area contributed by atoms with Crippen LogP contribution < -0.4 is 0 Å². The Morgan fingerprint density at radius 1 is 1.10 bits per heavy atom. The van der Waals surface area contributed by atoms with Crippen molar-refractivity contribution in [3.63, 3.8) is 0 Å². The molecule has 1 unspecified atom stereocenters. The van der Waals surface area contributed by atoms with E-state index in [1.165, 1.54) is 51.4 Å². The molecule has 1 heterocycles. The average molecular weight is 401 g/mol. The molecule has 0 aromatic heterocycles. The quantitative estimate of drug-likeness (QED) is 0.421. The average Bonchev–Trinajstić information content (AvgIpc) is 3.32. The Morgan fingerprint density at radius 2 is 1.90 bits per heavy atom. The third-order valence-electron chi connectivity index (χ3n) is 10.7. The molecule has 5 aliphatic rings. The molecule has 2 nitrogen and oxygen atoms in total. The molecule has 3 saturated carbocycles. The van der Waals surface area contributed by atoms with Gasteiger partial charge in [0.15, 0.2) is 0 Å². The van der Waals surface area contributed by atoms with E-state index in [0.29, 0.717) is 28.8 Å². The first-order valence-corrected chi connectivity index (χ1v) is 12.8. The molecule has 0 aromatic carbocycles. The predicted molar refractivity (Wildman–Crippen MR) is 119 cm³/mol. The number of aliphatic hydroxyl groups is 1. The van der Waals surface area contributed by atoms with Crippen LogP contribution in [0.25, 0.3) is 0 Å². The van der Waals surface area contributed by atoms with E-state index in [2.05, 4.69) is 40.7 Å². The van der Waals surface area contributed by atoms with Gasteiger partial charge in [-0.2, -0.15) is 0 Å². The van der Waals surface area contributed by atoms with Gasteiger partial charge < -0.3 is 9.84 Å². The summed E-state index contributed by atoms with van der Waals surface area (Å²) >= 11 is 0. The Kier molecular flexibility index (Phi) is 4.84. The minimum absolute atomic E-state index is 0.0671. The summed E-state index contributed by atoms with van der Waals surface area (Å²) in [5, 5.41) is 10.3.